The summed E-state index contributed by atoms with van der Waals surface area (Å²) in [6.45, 7) is 3.48. The predicted octanol–water partition coefficient (Wildman–Crippen LogP) is 2.69. The third kappa shape index (κ3) is 2.39. The molecule has 0 saturated heterocycles. The Bertz CT molecular complexity index is 646. The van der Waals surface area contributed by atoms with Crippen LogP contribution in [0.5, 0.6) is 0 Å². The number of nitrogens with zero attached hydrogens (tertiary/aromatic N) is 1. The number of aliphatic carboxylic acids is 1. The quantitative estimate of drug-likeness (QED) is 0.862. The molecule has 0 amide bonds. The molecule has 4 nitrogen and oxygen atoms in total. The van der Waals surface area contributed by atoms with Gasteiger partial charge in [-0.1, -0.05) is 19.1 Å². The number of Topliss-reactive ketones (excluding diaryl/α,β-unsaturated/α-hetero) is 1. The third-order valence-electron chi connectivity index (χ3n) is 3.31. The summed E-state index contributed by atoms with van der Waals surface area (Å²) in [5, 5.41) is 9.27. The second-order valence-corrected chi connectivity index (χ2v) is 4.62. The first kappa shape index (κ1) is 14.1. The zero-order chi connectivity index (χ0) is 14.9. The van der Waals surface area contributed by atoms with Gasteiger partial charge in [-0.3, -0.25) is 9.79 Å². The summed E-state index contributed by atoms with van der Waals surface area (Å²) in [5.74, 6) is -2.81. The van der Waals surface area contributed by atoms with Gasteiger partial charge in [-0.15, -0.1) is 0 Å². The van der Waals surface area contributed by atoms with E-state index in [1.807, 2.05) is 0 Å². The summed E-state index contributed by atoms with van der Waals surface area (Å²) in [4.78, 5) is 27.9. The Balaban J connectivity index is 2.66. The minimum Gasteiger partial charge on any atom is -0.477 e. The van der Waals surface area contributed by atoms with Crippen molar-refractivity contribution in [1.29, 1.82) is 0 Å². The van der Waals surface area contributed by atoms with E-state index in [1.54, 1.807) is 13.8 Å². The van der Waals surface area contributed by atoms with Crippen molar-refractivity contribution in [3.63, 3.8) is 0 Å². The molecule has 0 radical (unpaired) electrons. The minimum atomic E-state index is -1.33. The van der Waals surface area contributed by atoms with E-state index in [-0.39, 0.29) is 11.3 Å². The normalized spacial score (nSPS) is 19.1. The first-order valence-corrected chi connectivity index (χ1v) is 6.28. The van der Waals surface area contributed by atoms with Gasteiger partial charge in [0, 0.05) is 11.3 Å². The van der Waals surface area contributed by atoms with Crippen LogP contribution in [0.4, 0.5) is 4.39 Å². The molecule has 5 heteroatoms. The van der Waals surface area contributed by atoms with Crippen molar-refractivity contribution in [2.45, 2.75) is 20.3 Å². The second-order valence-electron chi connectivity index (χ2n) is 4.62. The van der Waals surface area contributed by atoms with E-state index >= 15 is 0 Å². The van der Waals surface area contributed by atoms with Crippen molar-refractivity contribution in [3.8, 4) is 0 Å². The number of halogens is 1. The lowest BCUT2D eigenvalue weighted by molar-refractivity contribution is -0.134. The molecule has 1 aromatic rings. The SMILES string of the molecule is CCC1C(=O)C(C(=O)O)=C(c2cccc(F)c2)N=C1C. The van der Waals surface area contributed by atoms with Gasteiger partial charge in [0.25, 0.3) is 0 Å². The number of carbonyl (C=O) groups excluding carboxylic acids is 1. The highest BCUT2D eigenvalue weighted by Gasteiger charge is 2.34. The van der Waals surface area contributed by atoms with Crippen molar-refractivity contribution < 1.29 is 19.1 Å². The molecular weight excluding hydrogens is 261 g/mol. The van der Waals surface area contributed by atoms with Crippen molar-refractivity contribution in [2.75, 3.05) is 0 Å². The molecule has 0 spiro atoms. The average molecular weight is 275 g/mol. The van der Waals surface area contributed by atoms with Gasteiger partial charge >= 0.3 is 5.97 Å². The molecule has 0 bridgehead atoms. The highest BCUT2D eigenvalue weighted by atomic mass is 19.1. The Labute approximate surface area is 115 Å². The lowest BCUT2D eigenvalue weighted by Crippen LogP contribution is -2.30. The van der Waals surface area contributed by atoms with Gasteiger partial charge in [-0.25, -0.2) is 9.18 Å². The van der Waals surface area contributed by atoms with Gasteiger partial charge in [-0.05, 0) is 25.5 Å². The van der Waals surface area contributed by atoms with Crippen LogP contribution in [-0.2, 0) is 9.59 Å². The lowest BCUT2D eigenvalue weighted by atomic mass is 9.86. The molecule has 1 atom stereocenters. The predicted molar refractivity (Wildman–Crippen MR) is 72.9 cm³/mol. The minimum absolute atomic E-state index is 0.0317. The average Bonchev–Trinajstić information content (AvgIpc) is 2.37. The van der Waals surface area contributed by atoms with Crippen LogP contribution in [0.25, 0.3) is 5.70 Å². The Hall–Kier alpha value is -2.30. The first-order chi connectivity index (χ1) is 9.45. The Morgan fingerprint density at radius 2 is 2.15 bits per heavy atom. The molecule has 1 aromatic carbocycles. The van der Waals surface area contributed by atoms with E-state index in [0.29, 0.717) is 17.7 Å². The number of carboxylic acids is 1. The smallest absolute Gasteiger partial charge is 0.341 e. The highest BCUT2D eigenvalue weighted by Crippen LogP contribution is 2.30. The summed E-state index contributed by atoms with van der Waals surface area (Å²) in [6.07, 6.45) is 0.487. The van der Waals surface area contributed by atoms with Crippen LogP contribution in [0.1, 0.15) is 25.8 Å². The van der Waals surface area contributed by atoms with Crippen LogP contribution in [0.15, 0.2) is 34.8 Å². The third-order valence-corrected chi connectivity index (χ3v) is 3.31. The zero-order valence-corrected chi connectivity index (χ0v) is 11.2. The standard InChI is InChI=1S/C15H14FNO3/c1-3-11-8(2)17-13(12(14(11)18)15(19)20)9-5-4-6-10(16)7-9/h4-7,11H,3H2,1-2H3,(H,19,20). The molecule has 104 valence electrons. The number of ketones is 1. The molecule has 1 aliphatic heterocycles. The summed E-state index contributed by atoms with van der Waals surface area (Å²) in [5.41, 5.74) is 0.517. The van der Waals surface area contributed by atoms with Gasteiger partial charge < -0.3 is 5.11 Å². The Morgan fingerprint density at radius 1 is 1.45 bits per heavy atom. The number of carboxylic acid groups (broad SMARTS) is 1. The van der Waals surface area contributed by atoms with Gasteiger partial charge in [0.15, 0.2) is 5.78 Å². The number of rotatable bonds is 3. The Kier molecular flexibility index (Phi) is 3.79. The number of carbonyl (C=O) groups is 2. The van der Waals surface area contributed by atoms with Crippen molar-refractivity contribution in [3.05, 3.63) is 41.2 Å². The number of benzene rings is 1. The molecule has 0 saturated carbocycles. The molecule has 0 aliphatic carbocycles. The largest absolute Gasteiger partial charge is 0.477 e. The summed E-state index contributed by atoms with van der Waals surface area (Å²) < 4.78 is 13.3. The summed E-state index contributed by atoms with van der Waals surface area (Å²) in [7, 11) is 0. The van der Waals surface area contributed by atoms with E-state index < -0.39 is 23.5 Å². The van der Waals surface area contributed by atoms with E-state index in [4.69, 9.17) is 0 Å². The van der Waals surface area contributed by atoms with Crippen molar-refractivity contribution in [2.24, 2.45) is 10.9 Å². The monoisotopic (exact) mass is 275 g/mol. The van der Waals surface area contributed by atoms with Crippen LogP contribution in [0.2, 0.25) is 0 Å². The fourth-order valence-electron chi connectivity index (χ4n) is 2.32. The first-order valence-electron chi connectivity index (χ1n) is 6.28. The lowest BCUT2D eigenvalue weighted by Gasteiger charge is -2.21. The maximum Gasteiger partial charge on any atom is 0.341 e. The van der Waals surface area contributed by atoms with Gasteiger partial charge in [-0.2, -0.15) is 0 Å². The van der Waals surface area contributed by atoms with Crippen LogP contribution >= 0.6 is 0 Å². The van der Waals surface area contributed by atoms with Crippen molar-refractivity contribution >= 4 is 23.2 Å². The fraction of sp³-hybridized carbons (Fsp3) is 0.267. The molecule has 1 heterocycles. The van der Waals surface area contributed by atoms with Gasteiger partial charge in [0.05, 0.1) is 11.6 Å². The number of aliphatic imine (C=N–C) groups is 1. The second kappa shape index (κ2) is 5.36. The molecule has 0 fully saturated rings. The van der Waals surface area contributed by atoms with Gasteiger partial charge in [0.2, 0.25) is 0 Å². The highest BCUT2D eigenvalue weighted by molar-refractivity contribution is 6.30. The van der Waals surface area contributed by atoms with Crippen LogP contribution in [-0.4, -0.2) is 22.6 Å². The number of hydrogen-bond acceptors (Lipinski definition) is 3. The van der Waals surface area contributed by atoms with E-state index in [1.165, 1.54) is 24.3 Å². The molecule has 0 aromatic heterocycles. The molecule has 2 rings (SSSR count). The topological polar surface area (TPSA) is 66.7 Å². The van der Waals surface area contributed by atoms with E-state index in [9.17, 15) is 19.1 Å². The molecule has 1 aliphatic rings. The molecule has 1 unspecified atom stereocenters. The van der Waals surface area contributed by atoms with Crippen LogP contribution in [0, 0.1) is 11.7 Å². The van der Waals surface area contributed by atoms with Gasteiger partial charge in [0.1, 0.15) is 11.4 Å². The van der Waals surface area contributed by atoms with Crippen molar-refractivity contribution in [1.82, 2.24) is 0 Å². The number of hydrogen-bond donors (Lipinski definition) is 1. The molecular formula is C15H14FNO3. The maximum absolute atomic E-state index is 13.3. The summed E-state index contributed by atoms with van der Waals surface area (Å²) in [6, 6.07) is 5.42. The fourth-order valence-corrected chi connectivity index (χ4v) is 2.32. The maximum atomic E-state index is 13.3. The zero-order valence-electron chi connectivity index (χ0n) is 11.2. The van der Waals surface area contributed by atoms with E-state index in [0.717, 1.165) is 0 Å². The van der Waals surface area contributed by atoms with Crippen LogP contribution < -0.4 is 0 Å². The summed E-state index contributed by atoms with van der Waals surface area (Å²) >= 11 is 0. The van der Waals surface area contributed by atoms with Crippen LogP contribution in [0.3, 0.4) is 0 Å². The Morgan fingerprint density at radius 3 is 2.70 bits per heavy atom. The molecule has 20 heavy (non-hydrogen) atoms. The molecule has 1 N–H and O–H groups in total. The van der Waals surface area contributed by atoms with E-state index in [2.05, 4.69) is 4.99 Å².